The minimum Gasteiger partial charge on any atom is -0.497 e. The molecule has 1 atom stereocenters. The molecule has 0 amide bonds. The van der Waals surface area contributed by atoms with Crippen molar-refractivity contribution in [3.63, 3.8) is 0 Å². The normalized spacial score (nSPS) is 15.1. The minimum absolute atomic E-state index is 0.204. The van der Waals surface area contributed by atoms with Gasteiger partial charge in [0.15, 0.2) is 4.80 Å². The van der Waals surface area contributed by atoms with Gasteiger partial charge in [0.1, 0.15) is 17.5 Å². The molecule has 0 bridgehead atoms. The van der Waals surface area contributed by atoms with Crippen LogP contribution in [0.4, 0.5) is 5.69 Å². The van der Waals surface area contributed by atoms with Gasteiger partial charge in [-0.05, 0) is 63.6 Å². The van der Waals surface area contributed by atoms with E-state index in [1.165, 1.54) is 11.3 Å². The SMILES string of the molecule is CCOC(=O)C1=C(C)N=c2s/c(=C\c3ccc(N(CC)CC)cc3)c(=O)n2[C@@H]1c1ccc(OC)cc1OC. The topological polar surface area (TPSA) is 82.4 Å². The molecule has 8 nitrogen and oxygen atoms in total. The predicted molar refractivity (Wildman–Crippen MR) is 150 cm³/mol. The lowest BCUT2D eigenvalue weighted by Crippen LogP contribution is -2.40. The van der Waals surface area contributed by atoms with Crippen molar-refractivity contribution in [2.45, 2.75) is 33.7 Å². The summed E-state index contributed by atoms with van der Waals surface area (Å²) in [5, 5.41) is 0. The Balaban J connectivity index is 1.90. The van der Waals surface area contributed by atoms with Crippen molar-refractivity contribution in [3.05, 3.63) is 84.5 Å². The van der Waals surface area contributed by atoms with E-state index in [0.717, 1.165) is 24.3 Å². The number of ether oxygens (including phenoxy) is 3. The molecule has 2 aromatic carbocycles. The molecular weight excluding hydrogens is 502 g/mol. The summed E-state index contributed by atoms with van der Waals surface area (Å²) in [5.74, 6) is 0.579. The van der Waals surface area contributed by atoms with Gasteiger partial charge in [-0.1, -0.05) is 23.5 Å². The summed E-state index contributed by atoms with van der Waals surface area (Å²) in [6.45, 7) is 9.81. The number of hydrogen-bond donors (Lipinski definition) is 0. The molecule has 3 aromatic rings. The van der Waals surface area contributed by atoms with Crippen molar-refractivity contribution in [1.29, 1.82) is 0 Å². The van der Waals surface area contributed by atoms with Gasteiger partial charge in [-0.15, -0.1) is 0 Å². The molecular formula is C29H33N3O5S. The predicted octanol–water partition coefficient (Wildman–Crippen LogP) is 3.66. The average molecular weight is 536 g/mol. The Morgan fingerprint density at radius 2 is 1.79 bits per heavy atom. The van der Waals surface area contributed by atoms with Crippen molar-refractivity contribution in [3.8, 4) is 11.5 Å². The molecule has 1 aliphatic heterocycles. The van der Waals surface area contributed by atoms with Crippen LogP contribution in [-0.2, 0) is 9.53 Å². The highest BCUT2D eigenvalue weighted by Crippen LogP contribution is 2.37. The van der Waals surface area contributed by atoms with Crippen molar-refractivity contribution >= 4 is 29.1 Å². The van der Waals surface area contributed by atoms with Crippen LogP contribution >= 0.6 is 11.3 Å². The van der Waals surface area contributed by atoms with Crippen LogP contribution in [0.1, 0.15) is 44.9 Å². The second-order valence-corrected chi connectivity index (χ2v) is 9.68. The van der Waals surface area contributed by atoms with Gasteiger partial charge in [-0.25, -0.2) is 9.79 Å². The number of anilines is 1. The molecule has 0 radical (unpaired) electrons. The highest BCUT2D eigenvalue weighted by atomic mass is 32.1. The highest BCUT2D eigenvalue weighted by molar-refractivity contribution is 7.07. The first-order valence-corrected chi connectivity index (χ1v) is 13.4. The highest BCUT2D eigenvalue weighted by Gasteiger charge is 2.35. The Morgan fingerprint density at radius 3 is 2.39 bits per heavy atom. The smallest absolute Gasteiger partial charge is 0.338 e. The van der Waals surface area contributed by atoms with Gasteiger partial charge >= 0.3 is 5.97 Å². The number of carbonyl (C=O) groups is 1. The third kappa shape index (κ3) is 5.11. The number of allylic oxidation sites excluding steroid dienone is 1. The number of aromatic nitrogens is 1. The Hall–Kier alpha value is -3.85. The molecule has 4 rings (SSSR count). The zero-order valence-corrected chi connectivity index (χ0v) is 23.4. The fraction of sp³-hybridized carbons (Fsp3) is 0.345. The van der Waals surface area contributed by atoms with Crippen molar-refractivity contribution in [2.75, 3.05) is 38.8 Å². The van der Waals surface area contributed by atoms with E-state index in [2.05, 4.69) is 35.9 Å². The molecule has 2 heterocycles. The quantitative estimate of drug-likeness (QED) is 0.389. The first-order valence-electron chi connectivity index (χ1n) is 12.6. The maximum absolute atomic E-state index is 13.9. The van der Waals surface area contributed by atoms with Gasteiger partial charge < -0.3 is 19.1 Å². The maximum atomic E-state index is 13.9. The summed E-state index contributed by atoms with van der Waals surface area (Å²) in [6.07, 6.45) is 1.86. The fourth-order valence-corrected chi connectivity index (χ4v) is 5.70. The molecule has 0 unspecified atom stereocenters. The Bertz CT molecular complexity index is 1530. The van der Waals surface area contributed by atoms with Gasteiger partial charge in [0.05, 0.1) is 36.6 Å². The monoisotopic (exact) mass is 535 g/mol. The molecule has 38 heavy (non-hydrogen) atoms. The Morgan fingerprint density at radius 1 is 1.08 bits per heavy atom. The Kier molecular flexibility index (Phi) is 8.36. The van der Waals surface area contributed by atoms with E-state index in [9.17, 15) is 9.59 Å². The van der Waals surface area contributed by atoms with Crippen LogP contribution in [0.2, 0.25) is 0 Å². The summed E-state index contributed by atoms with van der Waals surface area (Å²) < 4.78 is 18.5. The number of fused-ring (bicyclic) bond motifs is 1. The standard InChI is InChI=1S/C29H33N3O5S/c1-7-31(8-2)20-12-10-19(11-13-20)16-24-27(33)32-26(22-15-14-21(35-5)17-23(22)36-6)25(28(34)37-9-3)18(4)30-29(32)38-24/h10-17,26H,7-9H2,1-6H3/b24-16-/t26-/m1/s1. The molecule has 0 N–H and O–H groups in total. The second kappa shape index (κ2) is 11.7. The lowest BCUT2D eigenvalue weighted by atomic mass is 9.95. The minimum atomic E-state index is -0.765. The molecule has 0 saturated heterocycles. The number of benzene rings is 2. The number of rotatable bonds is 9. The second-order valence-electron chi connectivity index (χ2n) is 8.67. The van der Waals surface area contributed by atoms with Gasteiger partial charge in [0.2, 0.25) is 0 Å². The third-order valence-electron chi connectivity index (χ3n) is 6.57. The first-order chi connectivity index (χ1) is 18.4. The van der Waals surface area contributed by atoms with Crippen molar-refractivity contribution in [2.24, 2.45) is 4.99 Å². The number of nitrogens with zero attached hydrogens (tertiary/aromatic N) is 3. The molecule has 0 fully saturated rings. The van der Waals surface area contributed by atoms with E-state index in [1.54, 1.807) is 44.8 Å². The number of esters is 1. The molecule has 0 aliphatic carbocycles. The lowest BCUT2D eigenvalue weighted by Gasteiger charge is -2.26. The largest absolute Gasteiger partial charge is 0.497 e. The fourth-order valence-electron chi connectivity index (χ4n) is 4.65. The van der Waals surface area contributed by atoms with E-state index in [0.29, 0.717) is 37.7 Å². The van der Waals surface area contributed by atoms with E-state index in [1.807, 2.05) is 24.3 Å². The lowest BCUT2D eigenvalue weighted by molar-refractivity contribution is -0.139. The summed E-state index contributed by atoms with van der Waals surface area (Å²) in [5.41, 5.74) is 3.25. The number of carbonyl (C=O) groups excluding carboxylic acids is 1. The number of thiazole rings is 1. The van der Waals surface area contributed by atoms with Crippen LogP contribution in [0.15, 0.2) is 63.5 Å². The third-order valence-corrected chi connectivity index (χ3v) is 7.55. The van der Waals surface area contributed by atoms with Gasteiger partial charge in [0, 0.05) is 30.4 Å². The van der Waals surface area contributed by atoms with Gasteiger partial charge in [0.25, 0.3) is 5.56 Å². The maximum Gasteiger partial charge on any atom is 0.338 e. The van der Waals surface area contributed by atoms with E-state index in [4.69, 9.17) is 14.2 Å². The van der Waals surface area contributed by atoms with Gasteiger partial charge in [-0.3, -0.25) is 9.36 Å². The number of methoxy groups -OCH3 is 2. The van der Waals surface area contributed by atoms with Crippen LogP contribution in [-0.4, -0.2) is 44.5 Å². The van der Waals surface area contributed by atoms with Gasteiger partial charge in [-0.2, -0.15) is 0 Å². The van der Waals surface area contributed by atoms with E-state index in [-0.39, 0.29) is 12.2 Å². The molecule has 0 saturated carbocycles. The summed E-state index contributed by atoms with van der Waals surface area (Å²) in [6, 6.07) is 12.7. The number of hydrogen-bond acceptors (Lipinski definition) is 8. The molecule has 1 aliphatic rings. The Labute approximate surface area is 226 Å². The van der Waals surface area contributed by atoms with Crippen LogP contribution < -0.4 is 29.3 Å². The van der Waals surface area contributed by atoms with Crippen LogP contribution in [0.3, 0.4) is 0 Å². The van der Waals surface area contributed by atoms with Crippen molar-refractivity contribution in [1.82, 2.24) is 4.57 Å². The molecule has 0 spiro atoms. The molecule has 200 valence electrons. The average Bonchev–Trinajstić information content (AvgIpc) is 3.23. The summed E-state index contributed by atoms with van der Waals surface area (Å²) >= 11 is 1.29. The van der Waals surface area contributed by atoms with E-state index < -0.39 is 12.0 Å². The zero-order chi connectivity index (χ0) is 27.4. The van der Waals surface area contributed by atoms with Crippen LogP contribution in [0.25, 0.3) is 6.08 Å². The van der Waals surface area contributed by atoms with Crippen molar-refractivity contribution < 1.29 is 19.0 Å². The van der Waals surface area contributed by atoms with Crippen LogP contribution in [0.5, 0.6) is 11.5 Å². The summed E-state index contributed by atoms with van der Waals surface area (Å²) in [7, 11) is 3.12. The van der Waals surface area contributed by atoms with Crippen LogP contribution in [0, 0.1) is 0 Å². The molecule has 9 heteroatoms. The first kappa shape index (κ1) is 27.2. The zero-order valence-electron chi connectivity index (χ0n) is 22.6. The summed E-state index contributed by atoms with van der Waals surface area (Å²) in [4.78, 5) is 34.4. The van der Waals surface area contributed by atoms with E-state index >= 15 is 0 Å². The molecule has 1 aromatic heterocycles.